The van der Waals surface area contributed by atoms with Gasteiger partial charge in [0.1, 0.15) is 0 Å². The first-order valence-electron chi connectivity index (χ1n) is 29.2. The molecule has 0 radical (unpaired) electrons. The summed E-state index contributed by atoms with van der Waals surface area (Å²) in [5.74, 6) is 0. The Balaban J connectivity index is 1.08. The molecule has 0 saturated heterocycles. The topological polar surface area (TPSA) is 9.72 Å². The molecule has 0 spiro atoms. The van der Waals surface area contributed by atoms with E-state index in [1.165, 1.54) is 146 Å². The molecule has 9 aromatic rings. The second-order valence-corrected chi connectivity index (χ2v) is 29.1. The lowest BCUT2D eigenvalue weighted by molar-refractivity contribution is 0.195. The molecule has 1 fully saturated rings. The molecule has 14 rings (SSSR count). The molecule has 8 aromatic carbocycles. The third-order valence-electron chi connectivity index (χ3n) is 20.2. The minimum absolute atomic E-state index is 0.00823. The van der Waals surface area contributed by atoms with Crippen molar-refractivity contribution in [3.63, 3.8) is 0 Å². The van der Waals surface area contributed by atoms with Crippen LogP contribution in [-0.4, -0.2) is 12.3 Å². The van der Waals surface area contributed by atoms with Crippen LogP contribution in [0.4, 0.5) is 45.5 Å². The Labute approximate surface area is 469 Å². The molecule has 3 nitrogen and oxygen atoms in total. The van der Waals surface area contributed by atoms with Crippen molar-refractivity contribution in [1.29, 1.82) is 0 Å². The highest BCUT2D eigenvalue weighted by atomic mass is 32.1. The fourth-order valence-electron chi connectivity index (χ4n) is 15.4. The SMILES string of the molecule is Cc1cc2c3c(c1)N(c1ccc(C(C)(C)C)cc1-c1ccccc1)c1cc4c(cc1B3c1ccc(N3c5ccc(C(C)(C)C)cc5C5(C)CCCCC35C)cc1N2c1ccc2c(c1)sc1ccccc12)C(C)(C)CCC4(C)C. The van der Waals surface area contributed by atoms with Crippen molar-refractivity contribution in [1.82, 2.24) is 0 Å². The van der Waals surface area contributed by atoms with Crippen molar-refractivity contribution >= 4 is 100 Å². The zero-order valence-corrected chi connectivity index (χ0v) is 49.3. The molecule has 2 unspecified atom stereocenters. The second kappa shape index (κ2) is 16.7. The standard InChI is InChI=1S/C73H76BN3S/c1-45-37-63-67-64(38-45)76(59-31-25-47(68(2,3)4)39-53(59)46-21-15-14-16-22-46)62-44-55-54(70(8,9)35-36-71(55,10)11)43-58(62)74(67)57-30-28-50(41-61(57)75(63)49-27-29-52-51-23-17-18-24-65(51)78-66(52)42-49)77-60-32-26-48(69(5,6)7)40-56(60)72(12)33-19-20-34-73(72,77)13/h14-18,21-32,37-44H,19-20,33-36H2,1-13H3. The van der Waals surface area contributed by atoms with E-state index < -0.39 is 0 Å². The number of anilines is 8. The summed E-state index contributed by atoms with van der Waals surface area (Å²) in [6.45, 7) is 31.6. The van der Waals surface area contributed by atoms with Crippen LogP contribution in [0.1, 0.15) is 155 Å². The van der Waals surface area contributed by atoms with E-state index in [9.17, 15) is 0 Å². The number of rotatable bonds is 4. The number of nitrogens with zero attached hydrogens (tertiary/aromatic N) is 3. The second-order valence-electron chi connectivity index (χ2n) is 28.0. The summed E-state index contributed by atoms with van der Waals surface area (Å²) < 4.78 is 2.65. The van der Waals surface area contributed by atoms with Crippen molar-refractivity contribution in [3.8, 4) is 11.1 Å². The van der Waals surface area contributed by atoms with E-state index >= 15 is 0 Å². The van der Waals surface area contributed by atoms with Crippen LogP contribution < -0.4 is 31.1 Å². The molecule has 2 aliphatic carbocycles. The van der Waals surface area contributed by atoms with E-state index in [4.69, 9.17) is 0 Å². The van der Waals surface area contributed by atoms with Crippen LogP contribution in [-0.2, 0) is 27.1 Å². The average Bonchev–Trinajstić information content (AvgIpc) is 4.06. The molecule has 1 aromatic heterocycles. The minimum atomic E-state index is -0.0934. The minimum Gasteiger partial charge on any atom is -0.334 e. The van der Waals surface area contributed by atoms with Crippen LogP contribution in [0.3, 0.4) is 0 Å². The van der Waals surface area contributed by atoms with Gasteiger partial charge in [0.25, 0.3) is 6.71 Å². The number of hydrogen-bond donors (Lipinski definition) is 0. The number of hydrogen-bond acceptors (Lipinski definition) is 4. The van der Waals surface area contributed by atoms with Crippen LogP contribution in [0.15, 0.2) is 152 Å². The van der Waals surface area contributed by atoms with Gasteiger partial charge >= 0.3 is 0 Å². The van der Waals surface area contributed by atoms with Gasteiger partial charge in [0.15, 0.2) is 0 Å². The molecule has 0 bridgehead atoms. The molecule has 2 atom stereocenters. The highest BCUT2D eigenvalue weighted by Crippen LogP contribution is 2.62. The maximum atomic E-state index is 2.81. The molecule has 5 aliphatic rings. The molecule has 4 heterocycles. The Morgan fingerprint density at radius 3 is 1.81 bits per heavy atom. The maximum Gasteiger partial charge on any atom is 0.252 e. The van der Waals surface area contributed by atoms with Crippen LogP contribution >= 0.6 is 11.3 Å². The van der Waals surface area contributed by atoms with Gasteiger partial charge in [-0.2, -0.15) is 0 Å². The highest BCUT2D eigenvalue weighted by molar-refractivity contribution is 7.25. The fourth-order valence-corrected chi connectivity index (χ4v) is 16.5. The van der Waals surface area contributed by atoms with Gasteiger partial charge in [0, 0.05) is 71.0 Å². The summed E-state index contributed by atoms with van der Waals surface area (Å²) in [6.07, 6.45) is 7.17. The van der Waals surface area contributed by atoms with E-state index in [0.29, 0.717) is 0 Å². The number of fused-ring (bicyclic) bond motifs is 11. The molecular formula is C73H76BN3S. The molecule has 1 saturated carbocycles. The van der Waals surface area contributed by atoms with E-state index in [0.717, 1.165) is 19.3 Å². The third kappa shape index (κ3) is 7.14. The van der Waals surface area contributed by atoms with Crippen LogP contribution in [0.25, 0.3) is 31.3 Å². The Morgan fingerprint density at radius 2 is 1.08 bits per heavy atom. The lowest BCUT2D eigenvalue weighted by atomic mass is 9.33. The predicted molar refractivity (Wildman–Crippen MR) is 339 cm³/mol. The quantitative estimate of drug-likeness (QED) is 0.163. The Bertz CT molecular complexity index is 3980. The summed E-state index contributed by atoms with van der Waals surface area (Å²) in [7, 11) is 0. The van der Waals surface area contributed by atoms with Crippen molar-refractivity contribution in [3.05, 3.63) is 185 Å². The van der Waals surface area contributed by atoms with E-state index in [-0.39, 0.29) is 39.3 Å². The zero-order chi connectivity index (χ0) is 54.2. The molecule has 3 aliphatic heterocycles. The zero-order valence-electron chi connectivity index (χ0n) is 48.5. The lowest BCUT2D eigenvalue weighted by Gasteiger charge is -2.51. The Kier molecular flexibility index (Phi) is 10.7. The normalized spacial score (nSPS) is 20.8. The third-order valence-corrected chi connectivity index (χ3v) is 21.3. The van der Waals surface area contributed by atoms with Crippen molar-refractivity contribution in [2.45, 2.75) is 161 Å². The molecule has 5 heteroatoms. The van der Waals surface area contributed by atoms with Gasteiger partial charge in [-0.25, -0.2) is 0 Å². The summed E-state index contributed by atoms with van der Waals surface area (Å²) in [4.78, 5) is 8.19. The van der Waals surface area contributed by atoms with E-state index in [1.54, 1.807) is 0 Å². The lowest BCUT2D eigenvalue weighted by Crippen LogP contribution is -2.62. The van der Waals surface area contributed by atoms with Gasteiger partial charge in [-0.15, -0.1) is 11.3 Å². The first-order chi connectivity index (χ1) is 37.1. The van der Waals surface area contributed by atoms with Gasteiger partial charge in [-0.3, -0.25) is 0 Å². The Hall–Kier alpha value is -6.56. The van der Waals surface area contributed by atoms with Crippen LogP contribution in [0, 0.1) is 6.92 Å². The van der Waals surface area contributed by atoms with Crippen molar-refractivity contribution < 1.29 is 0 Å². The summed E-state index contributed by atoms with van der Waals surface area (Å²) >= 11 is 1.91. The summed E-state index contributed by atoms with van der Waals surface area (Å²) in [6, 6.07) is 60.4. The average molecular weight is 1040 g/mol. The van der Waals surface area contributed by atoms with E-state index in [2.05, 4.69) is 256 Å². The summed E-state index contributed by atoms with van der Waals surface area (Å²) in [5.41, 5.74) is 25.4. The van der Waals surface area contributed by atoms with Crippen molar-refractivity contribution in [2.75, 3.05) is 14.7 Å². The molecular weight excluding hydrogens is 962 g/mol. The molecule has 392 valence electrons. The fraction of sp³-hybridized carbons (Fsp3) is 0.342. The van der Waals surface area contributed by atoms with Gasteiger partial charge in [-0.05, 0) is 183 Å². The van der Waals surface area contributed by atoms with Crippen LogP contribution in [0.2, 0.25) is 0 Å². The van der Waals surface area contributed by atoms with Gasteiger partial charge in [0.2, 0.25) is 0 Å². The maximum absolute atomic E-state index is 2.81. The monoisotopic (exact) mass is 1040 g/mol. The molecule has 0 N–H and O–H groups in total. The van der Waals surface area contributed by atoms with Crippen molar-refractivity contribution in [2.24, 2.45) is 0 Å². The van der Waals surface area contributed by atoms with Crippen LogP contribution in [0.5, 0.6) is 0 Å². The number of benzene rings is 8. The van der Waals surface area contributed by atoms with E-state index in [1.807, 2.05) is 11.3 Å². The highest BCUT2D eigenvalue weighted by Gasteiger charge is 2.58. The first-order valence-corrected chi connectivity index (χ1v) is 30.0. The van der Waals surface area contributed by atoms with Gasteiger partial charge in [-0.1, -0.05) is 174 Å². The largest absolute Gasteiger partial charge is 0.334 e. The Morgan fingerprint density at radius 1 is 0.462 bits per heavy atom. The smallest absolute Gasteiger partial charge is 0.252 e. The first kappa shape index (κ1) is 49.7. The predicted octanol–water partition coefficient (Wildman–Crippen LogP) is 18.8. The number of thiophene rings is 1. The summed E-state index contributed by atoms with van der Waals surface area (Å²) in [5, 5.41) is 2.66. The molecule has 0 amide bonds. The van der Waals surface area contributed by atoms with Gasteiger partial charge < -0.3 is 14.7 Å². The van der Waals surface area contributed by atoms with Gasteiger partial charge in [0.05, 0.1) is 11.2 Å². The number of aryl methyl sites for hydroxylation is 1. The molecule has 78 heavy (non-hydrogen) atoms.